The first-order valence-electron chi connectivity index (χ1n) is 10.2. The molecule has 1 spiro atoms. The van der Waals surface area contributed by atoms with E-state index in [0.29, 0.717) is 17.0 Å². The molecule has 144 valence electrons. The first kappa shape index (κ1) is 18.2. The summed E-state index contributed by atoms with van der Waals surface area (Å²) in [4.78, 5) is 17.3. The normalized spacial score (nSPS) is 22.9. The lowest BCUT2D eigenvalue weighted by atomic mass is 9.68. The Hall–Kier alpha value is -2.14. The van der Waals surface area contributed by atoms with Crippen molar-refractivity contribution in [2.45, 2.75) is 39.0 Å². The number of hydrogen-bond donors (Lipinski definition) is 1. The Morgan fingerprint density at radius 1 is 1.26 bits per heavy atom. The van der Waals surface area contributed by atoms with E-state index >= 15 is 0 Å². The van der Waals surface area contributed by atoms with Crippen molar-refractivity contribution in [2.75, 3.05) is 32.7 Å². The van der Waals surface area contributed by atoms with Gasteiger partial charge in [-0.25, -0.2) is 0 Å². The summed E-state index contributed by atoms with van der Waals surface area (Å²) in [5.41, 5.74) is 3.26. The monoisotopic (exact) mass is 366 g/mol. The van der Waals surface area contributed by atoms with Crippen molar-refractivity contribution in [1.29, 1.82) is 0 Å². The first-order valence-corrected chi connectivity index (χ1v) is 10.2. The molecule has 5 nitrogen and oxygen atoms in total. The van der Waals surface area contributed by atoms with Gasteiger partial charge in [-0.05, 0) is 55.7 Å². The number of hydrogen-bond acceptors (Lipinski definition) is 3. The molecule has 4 rings (SSSR count). The second-order valence-electron chi connectivity index (χ2n) is 8.37. The van der Waals surface area contributed by atoms with E-state index in [1.54, 1.807) is 0 Å². The average molecular weight is 367 g/mol. The van der Waals surface area contributed by atoms with Gasteiger partial charge in [0, 0.05) is 31.9 Å². The minimum Gasteiger partial charge on any atom is -0.337 e. The highest BCUT2D eigenvalue weighted by atomic mass is 16.2. The second-order valence-corrected chi connectivity index (χ2v) is 8.37. The Labute approximate surface area is 161 Å². The summed E-state index contributed by atoms with van der Waals surface area (Å²) >= 11 is 0. The van der Waals surface area contributed by atoms with E-state index < -0.39 is 0 Å². The number of rotatable bonds is 3. The van der Waals surface area contributed by atoms with Crippen molar-refractivity contribution < 1.29 is 4.79 Å². The molecule has 2 aliphatic rings. The van der Waals surface area contributed by atoms with Crippen molar-refractivity contribution in [1.82, 2.24) is 20.0 Å². The van der Waals surface area contributed by atoms with E-state index in [2.05, 4.69) is 52.4 Å². The number of aromatic amines is 1. The number of carbonyl (C=O) groups excluding carboxylic acids is 1. The summed E-state index contributed by atoms with van der Waals surface area (Å²) in [6.07, 6.45) is 3.40. The summed E-state index contributed by atoms with van der Waals surface area (Å²) < 4.78 is 0. The van der Waals surface area contributed by atoms with E-state index in [1.807, 2.05) is 17.9 Å². The molecule has 1 aromatic carbocycles. The number of amides is 1. The Morgan fingerprint density at radius 2 is 2.00 bits per heavy atom. The molecule has 2 fully saturated rings. The molecule has 3 heterocycles. The number of likely N-dealkylation sites (N-methyl/N-ethyl adjacent to an activating group) is 1. The zero-order valence-corrected chi connectivity index (χ0v) is 16.4. The fourth-order valence-corrected chi connectivity index (χ4v) is 4.93. The van der Waals surface area contributed by atoms with Gasteiger partial charge in [0.25, 0.3) is 5.91 Å². The fourth-order valence-electron chi connectivity index (χ4n) is 4.93. The number of H-pyrrole nitrogens is 1. The van der Waals surface area contributed by atoms with Crippen LogP contribution in [0, 0.1) is 12.3 Å². The summed E-state index contributed by atoms with van der Waals surface area (Å²) in [7, 11) is 0. The summed E-state index contributed by atoms with van der Waals surface area (Å²) in [6.45, 7) is 9.28. The summed E-state index contributed by atoms with van der Waals surface area (Å²) in [5, 5.41) is 7.03. The molecule has 0 bridgehead atoms. The third-order valence-electron chi connectivity index (χ3n) is 6.47. The lowest BCUT2D eigenvalue weighted by Crippen LogP contribution is -2.52. The molecule has 2 aromatic rings. The van der Waals surface area contributed by atoms with Crippen LogP contribution in [0.2, 0.25) is 0 Å². The lowest BCUT2D eigenvalue weighted by Gasteiger charge is -2.50. The molecule has 0 aliphatic carbocycles. The van der Waals surface area contributed by atoms with Crippen LogP contribution in [0.5, 0.6) is 0 Å². The quantitative estimate of drug-likeness (QED) is 0.905. The van der Waals surface area contributed by atoms with Crippen LogP contribution in [-0.4, -0.2) is 58.6 Å². The summed E-state index contributed by atoms with van der Waals surface area (Å²) in [5.74, 6) is 0.660. The van der Waals surface area contributed by atoms with E-state index in [0.717, 1.165) is 51.3 Å². The van der Waals surface area contributed by atoms with Gasteiger partial charge in [-0.3, -0.25) is 9.89 Å². The Balaban J connectivity index is 1.46. The van der Waals surface area contributed by atoms with Gasteiger partial charge in [0.1, 0.15) is 5.69 Å². The van der Waals surface area contributed by atoms with E-state index in [4.69, 9.17) is 0 Å². The average Bonchev–Trinajstić information content (AvgIpc) is 3.15. The standard InChI is InChI=1S/C22H30N4O/c1-3-25-15-19(18-7-5-4-6-8-18)14-22(16-25)9-11-26(12-10-22)21(27)20-13-17(2)23-24-20/h4-8,13,19H,3,9-12,14-16H2,1-2H3,(H,23,24)/t19-/m1/s1. The van der Waals surface area contributed by atoms with Gasteiger partial charge in [-0.2, -0.15) is 5.10 Å². The molecule has 2 aliphatic heterocycles. The topological polar surface area (TPSA) is 52.2 Å². The maximum absolute atomic E-state index is 12.7. The zero-order chi connectivity index (χ0) is 18.9. The van der Waals surface area contributed by atoms with Crippen LogP contribution >= 0.6 is 0 Å². The molecule has 5 heteroatoms. The largest absolute Gasteiger partial charge is 0.337 e. The van der Waals surface area contributed by atoms with Crippen molar-refractivity contribution in [2.24, 2.45) is 5.41 Å². The summed E-state index contributed by atoms with van der Waals surface area (Å²) in [6, 6.07) is 12.8. The van der Waals surface area contributed by atoms with Crippen LogP contribution in [0.1, 0.15) is 53.8 Å². The van der Waals surface area contributed by atoms with E-state index in [1.165, 1.54) is 12.0 Å². The van der Waals surface area contributed by atoms with Crippen molar-refractivity contribution in [3.63, 3.8) is 0 Å². The number of carbonyl (C=O) groups is 1. The number of nitrogens with zero attached hydrogens (tertiary/aromatic N) is 3. The van der Waals surface area contributed by atoms with Gasteiger partial charge in [0.05, 0.1) is 0 Å². The van der Waals surface area contributed by atoms with Crippen LogP contribution in [0.25, 0.3) is 0 Å². The number of likely N-dealkylation sites (tertiary alicyclic amines) is 2. The number of aromatic nitrogens is 2. The predicted molar refractivity (Wildman–Crippen MR) is 107 cm³/mol. The third kappa shape index (κ3) is 3.79. The van der Waals surface area contributed by atoms with Crippen molar-refractivity contribution >= 4 is 5.91 Å². The Morgan fingerprint density at radius 3 is 2.63 bits per heavy atom. The van der Waals surface area contributed by atoms with E-state index in [-0.39, 0.29) is 5.91 Å². The predicted octanol–water partition coefficient (Wildman–Crippen LogP) is 3.45. The molecule has 1 amide bonds. The van der Waals surface area contributed by atoms with Crippen molar-refractivity contribution in [3.05, 3.63) is 53.3 Å². The smallest absolute Gasteiger partial charge is 0.274 e. The number of benzene rings is 1. The highest BCUT2D eigenvalue weighted by molar-refractivity contribution is 5.92. The second kappa shape index (κ2) is 7.47. The van der Waals surface area contributed by atoms with E-state index in [9.17, 15) is 4.79 Å². The van der Waals surface area contributed by atoms with Gasteiger partial charge in [-0.15, -0.1) is 0 Å². The first-order chi connectivity index (χ1) is 13.1. The Kier molecular flexibility index (Phi) is 5.04. The molecular weight excluding hydrogens is 336 g/mol. The highest BCUT2D eigenvalue weighted by Crippen LogP contribution is 2.45. The van der Waals surface area contributed by atoms with Gasteiger partial charge in [0.2, 0.25) is 0 Å². The zero-order valence-electron chi connectivity index (χ0n) is 16.4. The minimum atomic E-state index is 0.0666. The number of nitrogens with one attached hydrogen (secondary N) is 1. The highest BCUT2D eigenvalue weighted by Gasteiger charge is 2.42. The molecule has 27 heavy (non-hydrogen) atoms. The van der Waals surface area contributed by atoms with Gasteiger partial charge in [0.15, 0.2) is 0 Å². The molecule has 0 unspecified atom stereocenters. The van der Waals surface area contributed by atoms with Crippen LogP contribution in [0.3, 0.4) is 0 Å². The van der Waals surface area contributed by atoms with Gasteiger partial charge >= 0.3 is 0 Å². The molecule has 1 aromatic heterocycles. The maximum atomic E-state index is 12.7. The fraction of sp³-hybridized carbons (Fsp3) is 0.545. The maximum Gasteiger partial charge on any atom is 0.274 e. The molecule has 1 N–H and O–H groups in total. The molecule has 2 saturated heterocycles. The molecular formula is C22H30N4O. The van der Waals surface area contributed by atoms with Crippen LogP contribution in [0.15, 0.2) is 36.4 Å². The lowest BCUT2D eigenvalue weighted by molar-refractivity contribution is 0.0156. The SMILES string of the molecule is CCN1C[C@H](c2ccccc2)CC2(CCN(C(=O)c3cc(C)[nH]n3)CC2)C1. The molecule has 0 radical (unpaired) electrons. The van der Waals surface area contributed by atoms with Crippen LogP contribution < -0.4 is 0 Å². The van der Waals surface area contributed by atoms with Gasteiger partial charge < -0.3 is 9.80 Å². The molecule has 0 saturated carbocycles. The van der Waals surface area contributed by atoms with Crippen LogP contribution in [0.4, 0.5) is 0 Å². The third-order valence-corrected chi connectivity index (χ3v) is 6.47. The molecule has 1 atom stereocenters. The Bertz CT molecular complexity index is 777. The van der Waals surface area contributed by atoms with Gasteiger partial charge in [-0.1, -0.05) is 37.3 Å². The number of aryl methyl sites for hydroxylation is 1. The van der Waals surface area contributed by atoms with Crippen LogP contribution in [-0.2, 0) is 0 Å². The van der Waals surface area contributed by atoms with Crippen molar-refractivity contribution in [3.8, 4) is 0 Å². The number of piperidine rings is 2. The minimum absolute atomic E-state index is 0.0666.